The van der Waals surface area contributed by atoms with Crippen molar-refractivity contribution in [1.29, 1.82) is 0 Å². The molecule has 0 fully saturated rings. The fourth-order valence-electron chi connectivity index (χ4n) is 0. The van der Waals surface area contributed by atoms with Crippen LogP contribution in [0.3, 0.4) is 0 Å². The molecule has 5 heteroatoms. The maximum absolute atomic E-state index is 4.50. The molecule has 6 heavy (non-hydrogen) atoms. The summed E-state index contributed by atoms with van der Waals surface area (Å²) in [5, 5.41) is 0. The van der Waals surface area contributed by atoms with E-state index in [1.807, 2.05) is 0 Å². The van der Waals surface area contributed by atoms with Gasteiger partial charge in [-0.25, -0.2) is 0 Å². The van der Waals surface area contributed by atoms with E-state index < -0.39 is 0 Å². The molecule has 0 heterocycles. The van der Waals surface area contributed by atoms with Crippen LogP contribution in [0, 0.1) is 0 Å². The average Bonchev–Trinajstić information content (AvgIpc) is 1.46. The van der Waals surface area contributed by atoms with Gasteiger partial charge in [0.25, 0.3) is 0 Å². The maximum atomic E-state index is 4.50. The molecule has 0 bridgehead atoms. The number of halogens is 2. The quantitative estimate of drug-likeness (QED) is 0.305. The molecular formula is CH6CsI2NPb. The van der Waals surface area contributed by atoms with E-state index in [1.165, 1.54) is 7.05 Å². The topological polar surface area (TPSA) is 26.0 Å². The van der Waals surface area contributed by atoms with Crippen LogP contribution in [-0.4, -0.2) is 91.6 Å². The fourth-order valence-corrected chi connectivity index (χ4v) is 0. The molecule has 0 rings (SSSR count). The molecule has 0 spiro atoms. The zero-order valence-electron chi connectivity index (χ0n) is 2.83. The Morgan fingerprint density at radius 3 is 1.33 bits per heavy atom. The molecule has 2 N–H and O–H groups in total. The van der Waals surface area contributed by atoms with Crippen molar-refractivity contribution in [2.75, 3.05) is 7.05 Å². The van der Waals surface area contributed by atoms with Crippen molar-refractivity contribution in [1.82, 2.24) is 0 Å². The van der Waals surface area contributed by atoms with Crippen molar-refractivity contribution >= 4 is 120 Å². The normalized spacial score (nSPS) is 4.00. The SMILES string of the molecule is CN.[CsH].[I][Pb][I]. The third kappa shape index (κ3) is 23.8. The summed E-state index contributed by atoms with van der Waals surface area (Å²) in [6.45, 7) is 0. The molecule has 0 unspecified atom stereocenters. The Kier molecular flexibility index (Phi) is 63.6. The van der Waals surface area contributed by atoms with Gasteiger partial charge in [0, 0.05) is 0 Å². The van der Waals surface area contributed by atoms with E-state index in [1.54, 1.807) is 0 Å². The van der Waals surface area contributed by atoms with Crippen LogP contribution >= 0.6 is 35.5 Å². The molecule has 0 atom stereocenters. The van der Waals surface area contributed by atoms with Gasteiger partial charge in [-0.3, -0.25) is 0 Å². The first-order valence-corrected chi connectivity index (χ1v) is 22.8. The summed E-state index contributed by atoms with van der Waals surface area (Å²) >= 11 is 4.96. The monoisotopic (exact) mass is 627 g/mol. The second kappa shape index (κ2) is 22.7. The van der Waals surface area contributed by atoms with Crippen molar-refractivity contribution in [3.05, 3.63) is 0 Å². The molecule has 0 aromatic rings. The average molecular weight is 626 g/mol. The van der Waals surface area contributed by atoms with Gasteiger partial charge in [-0.2, -0.15) is 0 Å². The first-order chi connectivity index (χ1) is 2.41. The van der Waals surface area contributed by atoms with Crippen LogP contribution in [0.5, 0.6) is 0 Å². The summed E-state index contributed by atoms with van der Waals surface area (Å²) in [4.78, 5) is 0. The molecule has 0 amide bonds. The number of hydrogen-bond acceptors (Lipinski definition) is 1. The van der Waals surface area contributed by atoms with Gasteiger partial charge in [0.15, 0.2) is 0 Å². The van der Waals surface area contributed by atoms with Gasteiger partial charge < -0.3 is 5.73 Å². The molecule has 34 valence electrons. The number of nitrogens with two attached hydrogens (primary N) is 1. The molecule has 0 aromatic carbocycles. The van der Waals surface area contributed by atoms with Crippen LogP contribution in [0.15, 0.2) is 0 Å². The van der Waals surface area contributed by atoms with Crippen molar-refractivity contribution in [3.8, 4) is 0 Å². The predicted molar refractivity (Wildman–Crippen MR) is 51.1 cm³/mol. The van der Waals surface area contributed by atoms with Crippen molar-refractivity contribution < 1.29 is 0 Å². The zero-order valence-corrected chi connectivity index (χ0v) is 11.0. The molecule has 1 nitrogen and oxygen atoms in total. The Morgan fingerprint density at radius 1 is 1.33 bits per heavy atom. The second-order valence-electron chi connectivity index (χ2n) is 0.0714. The standard InChI is InChI=1S/CH5N.Cs.2HI.Pb.H/c1-2;;;;;/h2H2,1H3;;2*1H;;/q;;;;+2;/p-2. The third-order valence-electron chi connectivity index (χ3n) is 0. The summed E-state index contributed by atoms with van der Waals surface area (Å²) in [6.07, 6.45) is 0. The minimum absolute atomic E-state index is 0. The Balaban J connectivity index is -0.0000000275. The minimum atomic E-state index is 0. The summed E-state index contributed by atoms with van der Waals surface area (Å²) in [5.74, 6) is 0. The van der Waals surface area contributed by atoms with Crippen LogP contribution in [0.4, 0.5) is 0 Å². The van der Waals surface area contributed by atoms with Gasteiger partial charge in [0.2, 0.25) is 0 Å². The first kappa shape index (κ1) is 16.8. The molecular weight excluding hydrogens is 620 g/mol. The van der Waals surface area contributed by atoms with Gasteiger partial charge in [-0.05, 0) is 7.05 Å². The summed E-state index contributed by atoms with van der Waals surface area (Å²) < 4.78 is 0. The molecule has 2 radical (unpaired) electrons. The van der Waals surface area contributed by atoms with Crippen molar-refractivity contribution in [2.24, 2.45) is 5.73 Å². The summed E-state index contributed by atoms with van der Waals surface area (Å²) in [5.41, 5.74) is 4.50. The van der Waals surface area contributed by atoms with Gasteiger partial charge >= 0.3 is 120 Å². The van der Waals surface area contributed by atoms with E-state index in [0.29, 0.717) is 0 Å². The van der Waals surface area contributed by atoms with Crippen LogP contribution < -0.4 is 5.73 Å². The van der Waals surface area contributed by atoms with Gasteiger partial charge in [0.1, 0.15) is 0 Å². The molecule has 0 aromatic heterocycles. The zero-order chi connectivity index (χ0) is 4.71. The fraction of sp³-hybridized carbons (Fsp3) is 1.00. The summed E-state index contributed by atoms with van der Waals surface area (Å²) in [7, 11) is 1.50. The Labute approximate surface area is 128 Å². The first-order valence-electron chi connectivity index (χ1n) is 0.955. The van der Waals surface area contributed by atoms with Gasteiger partial charge in [-0.15, -0.1) is 0 Å². The Hall–Kier alpha value is 4.39. The van der Waals surface area contributed by atoms with Gasteiger partial charge in [0.05, 0.1) is 0 Å². The van der Waals surface area contributed by atoms with E-state index in [0.717, 1.165) is 0 Å². The molecule has 0 saturated carbocycles. The number of hydrogen-bond donors (Lipinski definition) is 1. The summed E-state index contributed by atoms with van der Waals surface area (Å²) in [6, 6.07) is 0. The van der Waals surface area contributed by atoms with Crippen LogP contribution in [0.25, 0.3) is 0 Å². The third-order valence-corrected chi connectivity index (χ3v) is 0. The van der Waals surface area contributed by atoms with Gasteiger partial charge in [-0.1, -0.05) is 0 Å². The van der Waals surface area contributed by atoms with Crippen LogP contribution in [0.2, 0.25) is 0 Å². The van der Waals surface area contributed by atoms with E-state index in [-0.39, 0.29) is 84.5 Å². The van der Waals surface area contributed by atoms with Crippen molar-refractivity contribution in [2.45, 2.75) is 0 Å². The molecule has 0 saturated heterocycles. The Bertz CT molecular complexity index is 13.5. The molecule has 0 aliphatic carbocycles. The van der Waals surface area contributed by atoms with Crippen molar-refractivity contribution in [3.63, 3.8) is 0 Å². The van der Waals surface area contributed by atoms with E-state index in [4.69, 9.17) is 0 Å². The number of rotatable bonds is 0. The Morgan fingerprint density at radius 2 is 1.33 bits per heavy atom. The molecule has 0 aliphatic rings. The van der Waals surface area contributed by atoms with E-state index >= 15 is 0 Å². The van der Waals surface area contributed by atoms with E-state index in [2.05, 4.69) is 41.3 Å². The van der Waals surface area contributed by atoms with E-state index in [9.17, 15) is 0 Å². The van der Waals surface area contributed by atoms with Crippen LogP contribution in [-0.2, 0) is 0 Å². The molecule has 0 aliphatic heterocycles. The van der Waals surface area contributed by atoms with Crippen LogP contribution in [0.1, 0.15) is 0 Å². The second-order valence-corrected chi connectivity index (χ2v) is 28.2. The predicted octanol–water partition coefficient (Wildman–Crippen LogP) is 0.317.